The zero-order chi connectivity index (χ0) is 16.7. The largest absolute Gasteiger partial charge is 0.507 e. The van der Waals surface area contributed by atoms with Crippen molar-refractivity contribution in [2.75, 3.05) is 0 Å². The number of aryl methyl sites for hydroxylation is 1. The van der Waals surface area contributed by atoms with Crippen LogP contribution in [-0.2, 0) is 13.0 Å². The maximum absolute atomic E-state index is 10.2. The summed E-state index contributed by atoms with van der Waals surface area (Å²) in [5.41, 5.74) is 4.32. The highest BCUT2D eigenvalue weighted by molar-refractivity contribution is 9.06. The van der Waals surface area contributed by atoms with Gasteiger partial charge in [-0.05, 0) is 44.0 Å². The third-order valence-electron chi connectivity index (χ3n) is 4.32. The normalized spacial score (nSPS) is 13.1. The number of hydrogen-bond acceptors (Lipinski definition) is 4. The van der Waals surface area contributed by atoms with Crippen molar-refractivity contribution in [1.82, 2.24) is 14.5 Å². The van der Waals surface area contributed by atoms with E-state index in [0.29, 0.717) is 5.75 Å². The summed E-state index contributed by atoms with van der Waals surface area (Å²) >= 11 is 3.06. The van der Waals surface area contributed by atoms with E-state index in [1.165, 1.54) is 0 Å². The molecule has 0 radical (unpaired) electrons. The summed E-state index contributed by atoms with van der Waals surface area (Å²) in [7, 11) is 0. The number of fused-ring (bicyclic) bond motifs is 1. The maximum atomic E-state index is 10.2. The summed E-state index contributed by atoms with van der Waals surface area (Å²) in [5, 5.41) is 10.2. The van der Waals surface area contributed by atoms with Crippen molar-refractivity contribution in [1.29, 1.82) is 0 Å². The number of aromatic hydroxyl groups is 1. The molecule has 0 saturated carbocycles. The molecule has 4 rings (SSSR count). The standard InChI is InChI=1S/C18H16BrN3O2/c1-11-8-9-15(24-19)17(20-11)16-13-6-4-10-22(13)18(21-16)12-5-2-3-7-14(12)23/h2-3,5,7-9,23H,4,6,10H2,1H3. The van der Waals surface area contributed by atoms with Gasteiger partial charge in [-0.1, -0.05) is 12.1 Å². The molecule has 0 bridgehead atoms. The first kappa shape index (κ1) is 15.2. The van der Waals surface area contributed by atoms with Crippen molar-refractivity contribution in [3.8, 4) is 34.3 Å². The second-order valence-electron chi connectivity index (χ2n) is 5.88. The van der Waals surface area contributed by atoms with Crippen LogP contribution in [0, 0.1) is 6.92 Å². The molecule has 122 valence electrons. The Morgan fingerprint density at radius 1 is 1.12 bits per heavy atom. The smallest absolute Gasteiger partial charge is 0.179 e. The van der Waals surface area contributed by atoms with E-state index in [-0.39, 0.29) is 5.75 Å². The van der Waals surface area contributed by atoms with E-state index in [0.717, 1.165) is 53.5 Å². The molecular weight excluding hydrogens is 370 g/mol. The van der Waals surface area contributed by atoms with E-state index in [9.17, 15) is 5.11 Å². The summed E-state index contributed by atoms with van der Waals surface area (Å²) in [5.74, 6) is 1.65. The molecule has 0 aliphatic carbocycles. The van der Waals surface area contributed by atoms with E-state index < -0.39 is 0 Å². The van der Waals surface area contributed by atoms with Crippen LogP contribution in [0.2, 0.25) is 0 Å². The lowest BCUT2D eigenvalue weighted by Gasteiger charge is -2.06. The lowest BCUT2D eigenvalue weighted by molar-refractivity contribution is 0.476. The molecular formula is C18H16BrN3O2. The Morgan fingerprint density at radius 3 is 2.75 bits per heavy atom. The number of hydrogen-bond donors (Lipinski definition) is 1. The first-order valence-electron chi connectivity index (χ1n) is 7.83. The zero-order valence-electron chi connectivity index (χ0n) is 13.2. The number of aromatic nitrogens is 3. The van der Waals surface area contributed by atoms with Gasteiger partial charge < -0.3 is 13.5 Å². The second-order valence-corrected chi connectivity index (χ2v) is 6.20. The van der Waals surface area contributed by atoms with Crippen LogP contribution in [0.5, 0.6) is 11.5 Å². The Bertz CT molecular complexity index is 921. The first-order chi connectivity index (χ1) is 11.7. The Hall–Kier alpha value is -2.34. The van der Waals surface area contributed by atoms with Crippen molar-refractivity contribution >= 4 is 16.3 Å². The molecule has 1 aromatic carbocycles. The van der Waals surface area contributed by atoms with Crippen LogP contribution in [-0.4, -0.2) is 19.6 Å². The van der Waals surface area contributed by atoms with Crippen LogP contribution < -0.4 is 3.83 Å². The number of nitrogens with zero attached hydrogens (tertiary/aromatic N) is 3. The SMILES string of the molecule is Cc1ccc(OBr)c(-c2nc(-c3ccccc3O)n3c2CCC3)n1. The van der Waals surface area contributed by atoms with Gasteiger partial charge in [-0.25, -0.2) is 9.97 Å². The van der Waals surface area contributed by atoms with Crippen molar-refractivity contribution in [3.63, 3.8) is 0 Å². The summed E-state index contributed by atoms with van der Waals surface area (Å²) in [4.78, 5) is 9.45. The highest BCUT2D eigenvalue weighted by Crippen LogP contribution is 2.39. The van der Waals surface area contributed by atoms with E-state index in [4.69, 9.17) is 8.81 Å². The minimum absolute atomic E-state index is 0.234. The van der Waals surface area contributed by atoms with Crippen molar-refractivity contribution < 1.29 is 8.93 Å². The number of pyridine rings is 1. The highest BCUT2D eigenvalue weighted by Gasteiger charge is 2.26. The summed E-state index contributed by atoms with van der Waals surface area (Å²) in [6.45, 7) is 2.84. The monoisotopic (exact) mass is 385 g/mol. The molecule has 5 nitrogen and oxygen atoms in total. The molecule has 0 atom stereocenters. The molecule has 1 N–H and O–H groups in total. The minimum Gasteiger partial charge on any atom is -0.507 e. The number of imidazole rings is 1. The van der Waals surface area contributed by atoms with Crippen LogP contribution in [0.3, 0.4) is 0 Å². The first-order valence-corrected chi connectivity index (χ1v) is 8.48. The van der Waals surface area contributed by atoms with Gasteiger partial charge in [-0.2, -0.15) is 0 Å². The molecule has 3 heterocycles. The van der Waals surface area contributed by atoms with Crippen LogP contribution in [0.25, 0.3) is 22.8 Å². The Balaban J connectivity index is 1.95. The fraction of sp³-hybridized carbons (Fsp3) is 0.222. The van der Waals surface area contributed by atoms with E-state index in [1.54, 1.807) is 6.07 Å². The molecule has 2 aromatic heterocycles. The molecule has 6 heteroatoms. The third kappa shape index (κ3) is 2.38. The van der Waals surface area contributed by atoms with Gasteiger partial charge in [0.2, 0.25) is 0 Å². The Kier molecular flexibility index (Phi) is 3.76. The zero-order valence-corrected chi connectivity index (χ0v) is 14.7. The predicted octanol–water partition coefficient (Wildman–Crippen LogP) is 4.26. The van der Waals surface area contributed by atoms with Crippen LogP contribution in [0.4, 0.5) is 0 Å². The summed E-state index contributed by atoms with van der Waals surface area (Å²) in [6.07, 6.45) is 2.00. The van der Waals surface area contributed by atoms with E-state index >= 15 is 0 Å². The predicted molar refractivity (Wildman–Crippen MR) is 95.2 cm³/mol. The van der Waals surface area contributed by atoms with Gasteiger partial charge in [-0.15, -0.1) is 0 Å². The van der Waals surface area contributed by atoms with Crippen molar-refractivity contribution in [3.05, 3.63) is 47.8 Å². The maximum Gasteiger partial charge on any atom is 0.179 e. The van der Waals surface area contributed by atoms with Gasteiger partial charge in [0.1, 0.15) is 23.0 Å². The molecule has 0 amide bonds. The lowest BCUT2D eigenvalue weighted by atomic mass is 10.1. The number of halogens is 1. The average Bonchev–Trinajstić information content (AvgIpc) is 3.18. The van der Waals surface area contributed by atoms with Gasteiger partial charge in [0.25, 0.3) is 0 Å². The number of para-hydroxylation sites is 1. The van der Waals surface area contributed by atoms with Gasteiger partial charge in [-0.3, -0.25) is 0 Å². The van der Waals surface area contributed by atoms with Crippen LogP contribution in [0.15, 0.2) is 36.4 Å². The molecule has 24 heavy (non-hydrogen) atoms. The molecule has 1 aliphatic rings. The van der Waals surface area contributed by atoms with Crippen molar-refractivity contribution in [2.24, 2.45) is 0 Å². The number of rotatable bonds is 3. The minimum atomic E-state index is 0.234. The van der Waals surface area contributed by atoms with E-state index in [2.05, 4.69) is 25.8 Å². The van der Waals surface area contributed by atoms with Crippen LogP contribution in [0.1, 0.15) is 17.8 Å². The Labute approximate surface area is 148 Å². The van der Waals surface area contributed by atoms with E-state index in [1.807, 2.05) is 37.3 Å². The number of benzene rings is 1. The molecule has 0 unspecified atom stereocenters. The topological polar surface area (TPSA) is 60.2 Å². The third-order valence-corrected chi connectivity index (χ3v) is 4.67. The molecule has 0 spiro atoms. The fourth-order valence-electron chi connectivity index (χ4n) is 3.22. The lowest BCUT2D eigenvalue weighted by Crippen LogP contribution is -1.96. The van der Waals surface area contributed by atoms with Crippen molar-refractivity contribution in [2.45, 2.75) is 26.3 Å². The van der Waals surface area contributed by atoms with Crippen LogP contribution >= 0.6 is 16.3 Å². The second kappa shape index (κ2) is 5.94. The number of phenols is 1. The average molecular weight is 386 g/mol. The van der Waals surface area contributed by atoms with Gasteiger partial charge in [0.15, 0.2) is 22.0 Å². The highest BCUT2D eigenvalue weighted by atomic mass is 79.9. The molecule has 0 saturated heterocycles. The number of phenolic OH excluding ortho intramolecular Hbond substituents is 1. The molecule has 1 aliphatic heterocycles. The molecule has 0 fully saturated rings. The van der Waals surface area contributed by atoms with Gasteiger partial charge >= 0.3 is 0 Å². The summed E-state index contributed by atoms with van der Waals surface area (Å²) < 4.78 is 7.48. The molecule has 3 aromatic rings. The van der Waals surface area contributed by atoms with Gasteiger partial charge in [0.05, 0.1) is 5.56 Å². The summed E-state index contributed by atoms with van der Waals surface area (Å²) in [6, 6.07) is 11.1. The Morgan fingerprint density at radius 2 is 1.96 bits per heavy atom. The fourth-order valence-corrected chi connectivity index (χ4v) is 3.48. The van der Waals surface area contributed by atoms with Gasteiger partial charge in [0, 0.05) is 17.9 Å². The quantitative estimate of drug-likeness (QED) is 0.731.